The van der Waals surface area contributed by atoms with Crippen molar-refractivity contribution in [3.8, 4) is 0 Å². The molecule has 0 spiro atoms. The van der Waals surface area contributed by atoms with E-state index in [0.717, 1.165) is 20.8 Å². The van der Waals surface area contributed by atoms with E-state index >= 15 is 0 Å². The average molecular weight is 234 g/mol. The number of rotatable bonds is 3. The maximum atomic E-state index is 10.4. The van der Waals surface area contributed by atoms with E-state index < -0.39 is 33.1 Å². The molecule has 0 radical (unpaired) electrons. The summed E-state index contributed by atoms with van der Waals surface area (Å²) in [6.07, 6.45) is 0. The Morgan fingerprint density at radius 1 is 0.786 bits per heavy atom. The minimum absolute atomic E-state index is 0. The smallest absolute Gasteiger partial charge is 0.551 e. The van der Waals surface area contributed by atoms with Gasteiger partial charge in [0.25, 0.3) is 17.9 Å². The Morgan fingerprint density at radius 3 is 1.14 bits per heavy atom. The van der Waals surface area contributed by atoms with Crippen molar-refractivity contribution < 1.29 is 25.7 Å². The Hall–Kier alpha value is -0.525. The first-order chi connectivity index (χ1) is 5.91. The molecule has 0 aromatic heterocycles. The van der Waals surface area contributed by atoms with Gasteiger partial charge in [-0.3, -0.25) is 14.4 Å². The molecule has 0 aliphatic carbocycles. The first kappa shape index (κ1) is 15.9. The zero-order chi connectivity index (χ0) is 10.4. The van der Waals surface area contributed by atoms with E-state index in [1.807, 2.05) is 0 Å². The highest BCUT2D eigenvalue weighted by atomic mass is 27.3. The minimum Gasteiger partial charge on any atom is -0.551 e. The molecule has 78 valence electrons. The molecule has 8 heteroatoms. The molecule has 0 saturated heterocycles. The number of hydrogen-bond acceptors (Lipinski definition) is 6. The zero-order valence-electron chi connectivity index (χ0n) is 7.53. The monoisotopic (exact) mass is 234 g/mol. The van der Waals surface area contributed by atoms with E-state index in [1.165, 1.54) is 0 Å². The number of carbonyl (C=O) groups excluding carboxylic acids is 3. The van der Waals surface area contributed by atoms with Crippen molar-refractivity contribution in [3.05, 3.63) is 0 Å². The molecule has 0 unspecified atom stereocenters. The third kappa shape index (κ3) is 9.56. The molecule has 0 atom stereocenters. The number of carbonyl (C=O) groups is 3. The highest BCUT2D eigenvalue weighted by molar-refractivity contribution is 6.43. The van der Waals surface area contributed by atoms with Gasteiger partial charge in [-0.15, -0.1) is 0 Å². The van der Waals surface area contributed by atoms with E-state index in [2.05, 4.69) is 11.4 Å². The fourth-order valence-corrected chi connectivity index (χ4v) is 1.44. The van der Waals surface area contributed by atoms with Crippen LogP contribution in [0.2, 0.25) is 0 Å². The maximum absolute atomic E-state index is 10.4. The summed E-state index contributed by atoms with van der Waals surface area (Å²) in [4.78, 5) is 31.3. The highest BCUT2D eigenvalue weighted by Crippen LogP contribution is 1.94. The minimum atomic E-state index is -2.96. The first-order valence-electron chi connectivity index (χ1n) is 3.43. The van der Waals surface area contributed by atoms with Gasteiger partial charge in [0.15, 0.2) is 17.4 Å². The van der Waals surface area contributed by atoms with Gasteiger partial charge < -0.3 is 11.4 Å². The second-order valence-corrected chi connectivity index (χ2v) is 3.40. The summed E-state index contributed by atoms with van der Waals surface area (Å²) in [6.45, 7) is 3.40. The van der Waals surface area contributed by atoms with Crippen LogP contribution in [0.5, 0.6) is 0 Å². The molecule has 0 rings (SSSR count). The van der Waals surface area contributed by atoms with Crippen LogP contribution in [0.25, 0.3) is 0 Å². The summed E-state index contributed by atoms with van der Waals surface area (Å²) >= 11 is -2.96. The van der Waals surface area contributed by atoms with Crippen LogP contribution in [0, 0.1) is 0 Å². The lowest BCUT2D eigenvalue weighted by atomic mass is 10.9. The van der Waals surface area contributed by atoms with E-state index in [0.29, 0.717) is 0 Å². The summed E-state index contributed by atoms with van der Waals surface area (Å²) in [5.74, 6) is -1.96. The molecule has 0 aliphatic rings. The third-order valence-electron chi connectivity index (χ3n) is 0.787. The van der Waals surface area contributed by atoms with Gasteiger partial charge in [0.05, 0.1) is 0 Å². The molecule has 0 aromatic carbocycles. The van der Waals surface area contributed by atoms with Gasteiger partial charge in [-0.05, 0) is 0 Å². The van der Waals surface area contributed by atoms with Crippen molar-refractivity contribution in [3.63, 3.8) is 0 Å². The predicted molar refractivity (Wildman–Crippen MR) is 51.0 cm³/mol. The van der Waals surface area contributed by atoms with E-state index in [4.69, 9.17) is 0 Å². The molecule has 0 heterocycles. The largest absolute Gasteiger partial charge is 1.20 e. The van der Waals surface area contributed by atoms with Crippen molar-refractivity contribution in [1.29, 1.82) is 0 Å². The molecule has 6 nitrogen and oxygen atoms in total. The second-order valence-electron chi connectivity index (χ2n) is 2.12. The topological polar surface area (TPSA) is 78.9 Å². The predicted octanol–water partition coefficient (Wildman–Crippen LogP) is -1.52. The highest BCUT2D eigenvalue weighted by Gasteiger charge is 2.47. The second kappa shape index (κ2) is 7.84. The summed E-state index contributed by atoms with van der Waals surface area (Å²) in [6, 6.07) is 0. The SMILES string of the molecule is CC(=O)[O][Al]([O]C(C)=O)[O]C(C)=O.[AlH3]. The van der Waals surface area contributed by atoms with E-state index in [9.17, 15) is 14.4 Å². The van der Waals surface area contributed by atoms with Crippen molar-refractivity contribution in [2.24, 2.45) is 0 Å². The van der Waals surface area contributed by atoms with Crippen molar-refractivity contribution >= 4 is 50.4 Å². The molecular weight excluding hydrogens is 222 g/mol. The Kier molecular flexibility index (Phi) is 8.92. The molecular formula is C6H12Al2O6. The molecule has 0 fully saturated rings. The Balaban J connectivity index is 0. The molecule has 0 bridgehead atoms. The van der Waals surface area contributed by atoms with Crippen molar-refractivity contribution in [1.82, 2.24) is 0 Å². The van der Waals surface area contributed by atoms with Crippen molar-refractivity contribution in [2.45, 2.75) is 20.8 Å². The van der Waals surface area contributed by atoms with Crippen LogP contribution in [0.15, 0.2) is 0 Å². The molecule has 14 heavy (non-hydrogen) atoms. The van der Waals surface area contributed by atoms with Crippen LogP contribution < -0.4 is 0 Å². The molecule has 0 amide bonds. The van der Waals surface area contributed by atoms with Gasteiger partial charge in [0.1, 0.15) is 0 Å². The van der Waals surface area contributed by atoms with Gasteiger partial charge in [0.2, 0.25) is 0 Å². The molecule has 0 N–H and O–H groups in total. The van der Waals surface area contributed by atoms with E-state index in [1.54, 1.807) is 0 Å². The Morgan fingerprint density at radius 2 is 1.00 bits per heavy atom. The first-order valence-corrected chi connectivity index (χ1v) is 4.85. The van der Waals surface area contributed by atoms with Crippen LogP contribution in [0.1, 0.15) is 20.8 Å². The van der Waals surface area contributed by atoms with E-state index in [-0.39, 0.29) is 17.4 Å². The fourth-order valence-electron chi connectivity index (χ4n) is 0.479. The molecule has 0 aromatic rings. The van der Waals surface area contributed by atoms with Crippen LogP contribution >= 0.6 is 0 Å². The Labute approximate surface area is 97.0 Å². The molecule has 0 aliphatic heterocycles. The van der Waals surface area contributed by atoms with Crippen LogP contribution in [0.3, 0.4) is 0 Å². The van der Waals surface area contributed by atoms with Crippen LogP contribution in [-0.2, 0) is 25.7 Å². The van der Waals surface area contributed by atoms with Crippen LogP contribution in [-0.4, -0.2) is 50.4 Å². The van der Waals surface area contributed by atoms with Gasteiger partial charge in [-0.1, -0.05) is 0 Å². The Bertz CT molecular complexity index is 190. The summed E-state index contributed by atoms with van der Waals surface area (Å²) in [5.41, 5.74) is 0. The van der Waals surface area contributed by atoms with Gasteiger partial charge in [0, 0.05) is 20.8 Å². The normalized spacial score (nSPS) is 7.93. The van der Waals surface area contributed by atoms with Gasteiger partial charge in [-0.2, -0.15) is 0 Å². The maximum Gasteiger partial charge on any atom is 1.20 e. The summed E-state index contributed by atoms with van der Waals surface area (Å²) in [7, 11) is 0. The fraction of sp³-hybridized carbons (Fsp3) is 0.500. The van der Waals surface area contributed by atoms with Gasteiger partial charge in [-0.25, -0.2) is 0 Å². The van der Waals surface area contributed by atoms with Gasteiger partial charge >= 0.3 is 15.1 Å². The lowest BCUT2D eigenvalue weighted by Gasteiger charge is -2.08. The quantitative estimate of drug-likeness (QED) is 0.551. The summed E-state index contributed by atoms with van der Waals surface area (Å²) < 4.78 is 13.5. The third-order valence-corrected chi connectivity index (χ3v) is 2.36. The number of hydrogen-bond donors (Lipinski definition) is 0. The lowest BCUT2D eigenvalue weighted by Crippen LogP contribution is -2.32. The lowest BCUT2D eigenvalue weighted by molar-refractivity contribution is -0.144. The summed E-state index contributed by atoms with van der Waals surface area (Å²) in [5, 5.41) is 0. The standard InChI is InChI=1S/3C2H4O2.2Al.3H/c3*1-2(3)4;;;;;/h3*1H3,(H,3,4);;;;;/q;;;;+3;;;/p-3. The van der Waals surface area contributed by atoms with Crippen LogP contribution in [0.4, 0.5) is 0 Å². The average Bonchev–Trinajstić information content (AvgIpc) is 1.80. The zero-order valence-corrected chi connectivity index (χ0v) is 8.68. The molecule has 0 saturated carbocycles. The van der Waals surface area contributed by atoms with Crippen molar-refractivity contribution in [2.75, 3.05) is 0 Å².